The molecule has 0 spiro atoms. The number of ketones is 1. The van der Waals surface area contributed by atoms with Gasteiger partial charge in [-0.15, -0.1) is 0 Å². The highest BCUT2D eigenvalue weighted by Crippen LogP contribution is 2.29. The van der Waals surface area contributed by atoms with Crippen molar-refractivity contribution >= 4 is 46.7 Å². The molecule has 0 unspecified atom stereocenters. The SMILES string of the molecule is CC(=O)c1c(C)oc(NC(=O)COc2cc(Cl)ccc2Cl)c1C(N)=O. The number of nitrogens with one attached hydrogen (secondary N) is 1. The Hall–Kier alpha value is -2.51. The van der Waals surface area contributed by atoms with Crippen molar-refractivity contribution in [3.63, 3.8) is 0 Å². The lowest BCUT2D eigenvalue weighted by molar-refractivity contribution is -0.118. The highest BCUT2D eigenvalue weighted by Gasteiger charge is 2.26. The molecule has 2 aromatic rings. The fourth-order valence-corrected chi connectivity index (χ4v) is 2.52. The number of ether oxygens (including phenoxy) is 1. The predicted molar refractivity (Wildman–Crippen MR) is 92.6 cm³/mol. The third-order valence-electron chi connectivity index (χ3n) is 3.19. The summed E-state index contributed by atoms with van der Waals surface area (Å²) >= 11 is 11.8. The van der Waals surface area contributed by atoms with Crippen molar-refractivity contribution in [2.24, 2.45) is 5.73 Å². The van der Waals surface area contributed by atoms with E-state index in [-0.39, 0.29) is 33.5 Å². The molecule has 0 aliphatic rings. The first-order valence-corrected chi connectivity index (χ1v) is 7.78. The Morgan fingerprint density at radius 1 is 1.24 bits per heavy atom. The van der Waals surface area contributed by atoms with Gasteiger partial charge in [0.15, 0.2) is 12.4 Å². The summed E-state index contributed by atoms with van der Waals surface area (Å²) in [6, 6.07) is 4.55. The van der Waals surface area contributed by atoms with Gasteiger partial charge >= 0.3 is 0 Å². The van der Waals surface area contributed by atoms with E-state index < -0.39 is 24.2 Å². The number of carbonyl (C=O) groups excluding carboxylic acids is 3. The molecule has 0 atom stereocenters. The molecular weight excluding hydrogens is 371 g/mol. The third-order valence-corrected chi connectivity index (χ3v) is 3.74. The first kappa shape index (κ1) is 18.8. The fraction of sp³-hybridized carbons (Fsp3) is 0.188. The van der Waals surface area contributed by atoms with Gasteiger partial charge in [0, 0.05) is 11.1 Å². The molecule has 0 aliphatic heterocycles. The minimum atomic E-state index is -0.892. The van der Waals surface area contributed by atoms with Crippen molar-refractivity contribution in [2.75, 3.05) is 11.9 Å². The predicted octanol–water partition coefficient (Wildman–Crippen LogP) is 3.21. The maximum absolute atomic E-state index is 12.0. The van der Waals surface area contributed by atoms with Gasteiger partial charge in [0.25, 0.3) is 11.8 Å². The number of amides is 2. The van der Waals surface area contributed by atoms with Crippen LogP contribution in [0.15, 0.2) is 22.6 Å². The van der Waals surface area contributed by atoms with Crippen LogP contribution in [0.2, 0.25) is 10.0 Å². The van der Waals surface area contributed by atoms with Gasteiger partial charge in [0.2, 0.25) is 5.88 Å². The molecule has 0 saturated heterocycles. The minimum absolute atomic E-state index is 0.0293. The number of hydrogen-bond donors (Lipinski definition) is 2. The van der Waals surface area contributed by atoms with Crippen molar-refractivity contribution in [3.8, 4) is 5.75 Å². The molecular formula is C16H14Cl2N2O5. The zero-order valence-electron chi connectivity index (χ0n) is 13.3. The molecule has 7 nitrogen and oxygen atoms in total. The van der Waals surface area contributed by atoms with Crippen LogP contribution in [-0.2, 0) is 4.79 Å². The standard InChI is InChI=1S/C16H14Cl2N2O5/c1-7(21)13-8(2)25-16(14(13)15(19)23)20-12(22)6-24-11-5-9(17)3-4-10(11)18/h3-5H,6H2,1-2H3,(H2,19,23)(H,20,22). The summed E-state index contributed by atoms with van der Waals surface area (Å²) in [4.78, 5) is 35.3. The molecule has 0 radical (unpaired) electrons. The Bertz CT molecular complexity index is 860. The molecule has 0 fully saturated rings. The van der Waals surface area contributed by atoms with Crippen LogP contribution >= 0.6 is 23.2 Å². The van der Waals surface area contributed by atoms with Crippen molar-refractivity contribution in [2.45, 2.75) is 13.8 Å². The topological polar surface area (TPSA) is 112 Å². The molecule has 2 amide bonds. The molecule has 132 valence electrons. The van der Waals surface area contributed by atoms with Crippen LogP contribution in [0.25, 0.3) is 0 Å². The monoisotopic (exact) mass is 384 g/mol. The summed E-state index contributed by atoms with van der Waals surface area (Å²) < 4.78 is 10.6. The Kier molecular flexibility index (Phi) is 5.71. The van der Waals surface area contributed by atoms with Gasteiger partial charge in [-0.1, -0.05) is 23.2 Å². The highest BCUT2D eigenvalue weighted by atomic mass is 35.5. The normalized spacial score (nSPS) is 10.4. The average Bonchev–Trinajstić information content (AvgIpc) is 2.84. The molecule has 1 heterocycles. The van der Waals surface area contributed by atoms with Crippen LogP contribution in [0, 0.1) is 6.92 Å². The summed E-state index contributed by atoms with van der Waals surface area (Å²) in [5.41, 5.74) is 5.13. The van der Waals surface area contributed by atoms with Gasteiger partial charge < -0.3 is 14.9 Å². The number of furan rings is 1. The second-order valence-corrected chi connectivity index (χ2v) is 5.91. The Labute approximate surface area is 153 Å². The van der Waals surface area contributed by atoms with E-state index in [1.165, 1.54) is 26.0 Å². The van der Waals surface area contributed by atoms with E-state index in [9.17, 15) is 14.4 Å². The molecule has 1 aromatic heterocycles. The minimum Gasteiger partial charge on any atom is -0.482 e. The first-order valence-electron chi connectivity index (χ1n) is 7.02. The van der Waals surface area contributed by atoms with E-state index in [1.54, 1.807) is 6.07 Å². The molecule has 1 aromatic carbocycles. The number of aryl methyl sites for hydroxylation is 1. The van der Waals surface area contributed by atoms with Gasteiger partial charge in [-0.2, -0.15) is 0 Å². The molecule has 2 rings (SSSR count). The Morgan fingerprint density at radius 2 is 1.92 bits per heavy atom. The van der Waals surface area contributed by atoms with E-state index in [1.807, 2.05) is 0 Å². The summed E-state index contributed by atoms with van der Waals surface area (Å²) in [5, 5.41) is 3.03. The maximum Gasteiger partial charge on any atom is 0.264 e. The summed E-state index contributed by atoms with van der Waals surface area (Å²) in [6.45, 7) is 2.33. The molecule has 3 N–H and O–H groups in total. The largest absolute Gasteiger partial charge is 0.482 e. The lowest BCUT2D eigenvalue weighted by Gasteiger charge is -2.08. The van der Waals surface area contributed by atoms with Crippen LogP contribution in [0.5, 0.6) is 5.75 Å². The van der Waals surface area contributed by atoms with Crippen LogP contribution < -0.4 is 15.8 Å². The second-order valence-electron chi connectivity index (χ2n) is 5.07. The lowest BCUT2D eigenvalue weighted by Crippen LogP contribution is -2.23. The van der Waals surface area contributed by atoms with Gasteiger partial charge in [-0.3, -0.25) is 19.7 Å². The lowest BCUT2D eigenvalue weighted by atomic mass is 10.1. The van der Waals surface area contributed by atoms with E-state index in [2.05, 4.69) is 5.32 Å². The van der Waals surface area contributed by atoms with Gasteiger partial charge in [0.1, 0.15) is 17.1 Å². The Morgan fingerprint density at radius 3 is 2.52 bits per heavy atom. The van der Waals surface area contributed by atoms with Crippen LogP contribution in [0.3, 0.4) is 0 Å². The zero-order valence-corrected chi connectivity index (χ0v) is 14.8. The van der Waals surface area contributed by atoms with E-state index in [4.69, 9.17) is 38.1 Å². The second kappa shape index (κ2) is 7.58. The smallest absolute Gasteiger partial charge is 0.264 e. The molecule has 0 aliphatic carbocycles. The Balaban J connectivity index is 2.16. The van der Waals surface area contributed by atoms with E-state index >= 15 is 0 Å². The number of halogens is 2. The van der Waals surface area contributed by atoms with E-state index in [0.717, 1.165) is 0 Å². The molecule has 0 bridgehead atoms. The quantitative estimate of drug-likeness (QED) is 0.742. The van der Waals surface area contributed by atoms with Crippen LogP contribution in [0.4, 0.5) is 5.88 Å². The number of rotatable bonds is 6. The van der Waals surface area contributed by atoms with Gasteiger partial charge in [-0.25, -0.2) is 0 Å². The van der Waals surface area contributed by atoms with Crippen molar-refractivity contribution in [1.29, 1.82) is 0 Å². The van der Waals surface area contributed by atoms with Gasteiger partial charge in [0.05, 0.1) is 10.6 Å². The summed E-state index contributed by atoms with van der Waals surface area (Å²) in [5.74, 6) is -1.74. The zero-order chi connectivity index (χ0) is 18.7. The number of primary amides is 1. The van der Waals surface area contributed by atoms with Crippen LogP contribution in [-0.4, -0.2) is 24.2 Å². The average molecular weight is 385 g/mol. The van der Waals surface area contributed by atoms with Crippen molar-refractivity contribution in [1.82, 2.24) is 0 Å². The fourth-order valence-electron chi connectivity index (χ4n) is 2.19. The first-order chi connectivity index (χ1) is 11.7. The van der Waals surface area contributed by atoms with E-state index in [0.29, 0.717) is 5.02 Å². The maximum atomic E-state index is 12.0. The van der Waals surface area contributed by atoms with Gasteiger partial charge in [-0.05, 0) is 26.0 Å². The molecule has 0 saturated carbocycles. The number of nitrogens with two attached hydrogens (primary N) is 1. The third kappa shape index (κ3) is 4.32. The molecule has 9 heteroatoms. The number of Topliss-reactive ketones (excluding diaryl/α,β-unsaturated/α-hetero) is 1. The van der Waals surface area contributed by atoms with Crippen molar-refractivity contribution in [3.05, 3.63) is 45.1 Å². The van der Waals surface area contributed by atoms with Crippen LogP contribution in [0.1, 0.15) is 33.4 Å². The number of carbonyl (C=O) groups is 3. The van der Waals surface area contributed by atoms with Crippen molar-refractivity contribution < 1.29 is 23.5 Å². The number of benzene rings is 1. The summed E-state index contributed by atoms with van der Waals surface area (Å²) in [6.07, 6.45) is 0. The molecule has 25 heavy (non-hydrogen) atoms. The number of hydrogen-bond acceptors (Lipinski definition) is 5. The number of anilines is 1. The summed E-state index contributed by atoms with van der Waals surface area (Å²) in [7, 11) is 0. The highest BCUT2D eigenvalue weighted by molar-refractivity contribution is 6.34.